The molecule has 2 N–H and O–H groups in total. The maximum absolute atomic E-state index is 10.4. The summed E-state index contributed by atoms with van der Waals surface area (Å²) in [5.74, 6) is -0.301. The Balaban J connectivity index is 2.98. The molecule has 0 unspecified atom stereocenters. The molecule has 0 spiro atoms. The second kappa shape index (κ2) is 1.81. The van der Waals surface area contributed by atoms with Gasteiger partial charge in [0.1, 0.15) is 0 Å². The fourth-order valence-electron chi connectivity index (χ4n) is 0.359. The molecule has 1 aromatic rings. The Bertz CT molecular complexity index is 228. The van der Waals surface area contributed by atoms with Crippen molar-refractivity contribution in [2.45, 2.75) is 6.92 Å². The summed E-state index contributed by atoms with van der Waals surface area (Å²) in [6.07, 6.45) is 0. The van der Waals surface area contributed by atoms with Crippen molar-refractivity contribution in [2.24, 2.45) is 0 Å². The van der Waals surface area contributed by atoms with Crippen LogP contribution in [-0.2, 0) is 0 Å². The van der Waals surface area contributed by atoms with Gasteiger partial charge >= 0.3 is 0 Å². The van der Waals surface area contributed by atoms with Gasteiger partial charge in [-0.2, -0.15) is 0 Å². The summed E-state index contributed by atoms with van der Waals surface area (Å²) in [4.78, 5) is 11.2. The Labute approximate surface area is 50.6 Å². The molecule has 6 heteroatoms. The first-order valence-corrected chi connectivity index (χ1v) is 2.26. The second-order valence-corrected chi connectivity index (χ2v) is 1.46. The van der Waals surface area contributed by atoms with Crippen LogP contribution in [0.1, 0.15) is 11.7 Å². The molecule has 0 saturated heterocycles. The molecule has 0 aliphatic heterocycles. The van der Waals surface area contributed by atoms with Gasteiger partial charge in [0.2, 0.25) is 0 Å². The summed E-state index contributed by atoms with van der Waals surface area (Å²) in [6.45, 7) is 1.32. The fraction of sp³-hybridized carbons (Fsp3) is 0.333. The zero-order valence-corrected chi connectivity index (χ0v) is 4.77. The van der Waals surface area contributed by atoms with Gasteiger partial charge in [-0.1, -0.05) is 9.90 Å². The molecule has 6 nitrogen and oxygen atoms in total. The molecule has 1 heterocycles. The number of carbonyl (C=O) groups is 1. The molecular formula is C3H5N5O. The quantitative estimate of drug-likeness (QED) is 0.478. The maximum Gasteiger partial charge on any atom is 0.263 e. The van der Waals surface area contributed by atoms with Gasteiger partial charge in [0.25, 0.3) is 11.9 Å². The Hall–Kier alpha value is -1.46. The smallest absolute Gasteiger partial charge is 0.263 e. The minimum Gasteiger partial charge on any atom is -0.365 e. The number of nitrogens with zero attached hydrogens (tertiary/aromatic N) is 4. The lowest BCUT2D eigenvalue weighted by molar-refractivity contribution is 0.0901. The van der Waals surface area contributed by atoms with E-state index in [4.69, 9.17) is 5.73 Å². The van der Waals surface area contributed by atoms with Crippen LogP contribution in [0.4, 0.5) is 5.95 Å². The molecule has 0 atom stereocenters. The third-order valence-electron chi connectivity index (χ3n) is 0.711. The number of rotatable bonds is 0. The standard InChI is InChI=1S/C3H5N5O/c1-2(9)8-6-3(4)5-7-8/h1H3,(H2,4,6). The summed E-state index contributed by atoms with van der Waals surface area (Å²) < 4.78 is 0. The summed E-state index contributed by atoms with van der Waals surface area (Å²) in [5.41, 5.74) is 5.06. The summed E-state index contributed by atoms with van der Waals surface area (Å²) in [7, 11) is 0. The monoisotopic (exact) mass is 127 g/mol. The van der Waals surface area contributed by atoms with Crippen LogP contribution in [-0.4, -0.2) is 26.1 Å². The van der Waals surface area contributed by atoms with Crippen molar-refractivity contribution < 1.29 is 4.79 Å². The molecule has 1 aromatic heterocycles. The van der Waals surface area contributed by atoms with Crippen molar-refractivity contribution >= 4 is 11.9 Å². The van der Waals surface area contributed by atoms with E-state index in [1.807, 2.05) is 0 Å². The van der Waals surface area contributed by atoms with Crippen LogP contribution in [0.3, 0.4) is 0 Å². The van der Waals surface area contributed by atoms with E-state index in [0.717, 1.165) is 4.80 Å². The fourth-order valence-corrected chi connectivity index (χ4v) is 0.359. The van der Waals surface area contributed by atoms with E-state index >= 15 is 0 Å². The number of hydrogen-bond acceptors (Lipinski definition) is 5. The predicted octanol–water partition coefficient (Wildman–Crippen LogP) is -1.08. The predicted molar refractivity (Wildman–Crippen MR) is 28.5 cm³/mol. The molecule has 0 radical (unpaired) electrons. The van der Waals surface area contributed by atoms with Crippen LogP contribution in [0.15, 0.2) is 0 Å². The van der Waals surface area contributed by atoms with Crippen molar-refractivity contribution in [1.82, 2.24) is 20.2 Å². The van der Waals surface area contributed by atoms with Crippen LogP contribution < -0.4 is 5.73 Å². The van der Waals surface area contributed by atoms with E-state index in [2.05, 4.69) is 15.4 Å². The first-order chi connectivity index (χ1) is 4.20. The van der Waals surface area contributed by atoms with Gasteiger partial charge in [0.15, 0.2) is 0 Å². The maximum atomic E-state index is 10.4. The average molecular weight is 127 g/mol. The van der Waals surface area contributed by atoms with E-state index < -0.39 is 0 Å². The number of anilines is 1. The molecule has 0 bridgehead atoms. The third kappa shape index (κ3) is 1.01. The molecule has 0 aliphatic rings. The lowest BCUT2D eigenvalue weighted by Crippen LogP contribution is -2.09. The number of tetrazole rings is 1. The lowest BCUT2D eigenvalue weighted by Gasteiger charge is -1.82. The van der Waals surface area contributed by atoms with E-state index in [0.29, 0.717) is 0 Å². The van der Waals surface area contributed by atoms with Crippen LogP contribution in [0.25, 0.3) is 0 Å². The highest BCUT2D eigenvalue weighted by atomic mass is 16.2. The van der Waals surface area contributed by atoms with Gasteiger partial charge in [0, 0.05) is 6.92 Å². The highest BCUT2D eigenvalue weighted by Crippen LogP contribution is 1.82. The van der Waals surface area contributed by atoms with Crippen molar-refractivity contribution in [3.63, 3.8) is 0 Å². The number of carbonyl (C=O) groups excluding carboxylic acids is 1. The molecule has 0 aliphatic carbocycles. The third-order valence-corrected chi connectivity index (χ3v) is 0.711. The van der Waals surface area contributed by atoms with Crippen LogP contribution in [0.5, 0.6) is 0 Å². The van der Waals surface area contributed by atoms with E-state index in [1.54, 1.807) is 0 Å². The number of nitrogens with two attached hydrogens (primary N) is 1. The molecule has 0 amide bonds. The van der Waals surface area contributed by atoms with Crippen LogP contribution in [0, 0.1) is 0 Å². The largest absolute Gasteiger partial charge is 0.365 e. The molecule has 1 rings (SSSR count). The van der Waals surface area contributed by atoms with Crippen LogP contribution in [0.2, 0.25) is 0 Å². The zero-order chi connectivity index (χ0) is 6.85. The van der Waals surface area contributed by atoms with Gasteiger partial charge in [-0.3, -0.25) is 4.79 Å². The first-order valence-electron chi connectivity index (χ1n) is 2.26. The Morgan fingerprint density at radius 3 is 2.67 bits per heavy atom. The van der Waals surface area contributed by atoms with Gasteiger partial charge in [0.05, 0.1) is 0 Å². The summed E-state index contributed by atoms with van der Waals surface area (Å²) >= 11 is 0. The van der Waals surface area contributed by atoms with Gasteiger partial charge in [-0.15, -0.1) is 5.10 Å². The minimum atomic E-state index is -0.306. The molecule has 0 saturated carbocycles. The topological polar surface area (TPSA) is 86.7 Å². The van der Waals surface area contributed by atoms with Gasteiger partial charge in [-0.05, 0) is 5.21 Å². The molecule has 0 fully saturated rings. The van der Waals surface area contributed by atoms with Crippen molar-refractivity contribution in [3.8, 4) is 0 Å². The van der Waals surface area contributed by atoms with E-state index in [-0.39, 0.29) is 11.9 Å². The van der Waals surface area contributed by atoms with Gasteiger partial charge < -0.3 is 5.73 Å². The average Bonchev–Trinajstić information content (AvgIpc) is 2.14. The summed E-state index contributed by atoms with van der Waals surface area (Å²) in [5, 5.41) is 10.0. The number of aromatic nitrogens is 4. The van der Waals surface area contributed by atoms with Crippen molar-refractivity contribution in [2.75, 3.05) is 5.73 Å². The first kappa shape index (κ1) is 5.67. The Morgan fingerprint density at radius 1 is 1.78 bits per heavy atom. The number of nitrogen functional groups attached to an aromatic ring is 1. The SMILES string of the molecule is CC(=O)n1nnc(N)n1. The molecular weight excluding hydrogens is 122 g/mol. The highest BCUT2D eigenvalue weighted by molar-refractivity contribution is 5.73. The highest BCUT2D eigenvalue weighted by Gasteiger charge is 1.99. The van der Waals surface area contributed by atoms with E-state index in [9.17, 15) is 4.79 Å². The lowest BCUT2D eigenvalue weighted by atomic mass is 10.8. The Morgan fingerprint density at radius 2 is 2.44 bits per heavy atom. The zero-order valence-electron chi connectivity index (χ0n) is 4.77. The van der Waals surface area contributed by atoms with E-state index in [1.165, 1.54) is 6.92 Å². The van der Waals surface area contributed by atoms with Gasteiger partial charge in [-0.25, -0.2) is 0 Å². The molecule has 9 heavy (non-hydrogen) atoms. The normalized spacial score (nSPS) is 9.44. The minimum absolute atomic E-state index is 0.00481. The van der Waals surface area contributed by atoms with Crippen molar-refractivity contribution in [1.29, 1.82) is 0 Å². The second-order valence-electron chi connectivity index (χ2n) is 1.46. The van der Waals surface area contributed by atoms with Crippen molar-refractivity contribution in [3.05, 3.63) is 0 Å². The van der Waals surface area contributed by atoms with Crippen LogP contribution >= 0.6 is 0 Å². The number of hydrogen-bond donors (Lipinski definition) is 1. The molecule has 48 valence electrons. The Kier molecular flexibility index (Phi) is 1.14. The summed E-state index contributed by atoms with van der Waals surface area (Å²) in [6, 6.07) is 0. The molecule has 0 aromatic carbocycles.